The van der Waals surface area contributed by atoms with Gasteiger partial charge in [0.15, 0.2) is 11.5 Å². The van der Waals surface area contributed by atoms with Crippen molar-refractivity contribution in [1.82, 2.24) is 4.90 Å². The number of nitrogens with zero attached hydrogens (tertiary/aromatic N) is 1. The molecule has 5 heteroatoms. The van der Waals surface area contributed by atoms with Gasteiger partial charge in [-0.3, -0.25) is 4.79 Å². The number of thiol groups is 1. The van der Waals surface area contributed by atoms with Gasteiger partial charge in [-0.1, -0.05) is 13.0 Å². The molecule has 0 fully saturated rings. The summed E-state index contributed by atoms with van der Waals surface area (Å²) in [5.41, 5.74) is 0.914. The fourth-order valence-corrected chi connectivity index (χ4v) is 2.18. The molecule has 0 N–H and O–H groups in total. The number of hydrogen-bond donors (Lipinski definition) is 1. The van der Waals surface area contributed by atoms with Gasteiger partial charge < -0.3 is 14.4 Å². The molecule has 1 aromatic rings. The van der Waals surface area contributed by atoms with E-state index in [0.29, 0.717) is 13.1 Å². The molecule has 0 saturated carbocycles. The molecule has 1 atom stereocenters. The van der Waals surface area contributed by atoms with Crippen LogP contribution in [0.15, 0.2) is 24.3 Å². The minimum atomic E-state index is -0.00827. The van der Waals surface area contributed by atoms with Crippen LogP contribution in [0.3, 0.4) is 0 Å². The van der Waals surface area contributed by atoms with Gasteiger partial charge in [-0.25, -0.2) is 0 Å². The average Bonchev–Trinajstić information content (AvgIpc) is 2.89. The topological polar surface area (TPSA) is 38.8 Å². The first-order chi connectivity index (χ1) is 9.60. The molecule has 0 aliphatic carbocycles. The molecule has 1 amide bonds. The maximum absolute atomic E-state index is 12.1. The molecule has 108 valence electrons. The van der Waals surface area contributed by atoms with Gasteiger partial charge in [-0.2, -0.15) is 12.6 Å². The third-order valence-electron chi connectivity index (χ3n) is 2.99. The molecule has 2 rings (SSSR count). The van der Waals surface area contributed by atoms with Crippen molar-refractivity contribution in [3.05, 3.63) is 29.8 Å². The summed E-state index contributed by atoms with van der Waals surface area (Å²) >= 11 is 4.32. The van der Waals surface area contributed by atoms with Crippen molar-refractivity contribution < 1.29 is 14.3 Å². The number of fused-ring (bicyclic) bond motifs is 1. The van der Waals surface area contributed by atoms with E-state index in [1.165, 1.54) is 0 Å². The molecule has 0 bridgehead atoms. The lowest BCUT2D eigenvalue weighted by molar-refractivity contribution is -0.125. The van der Waals surface area contributed by atoms with Crippen LogP contribution >= 0.6 is 12.6 Å². The smallest absolute Gasteiger partial charge is 0.246 e. The highest BCUT2D eigenvalue weighted by Gasteiger charge is 2.13. The van der Waals surface area contributed by atoms with Gasteiger partial charge in [0, 0.05) is 24.4 Å². The maximum atomic E-state index is 12.1. The fraction of sp³-hybridized carbons (Fsp3) is 0.400. The summed E-state index contributed by atoms with van der Waals surface area (Å²) < 4.78 is 10.6. The predicted molar refractivity (Wildman–Crippen MR) is 82.3 cm³/mol. The van der Waals surface area contributed by atoms with E-state index in [-0.39, 0.29) is 18.0 Å². The zero-order valence-corrected chi connectivity index (χ0v) is 12.6. The first-order valence-corrected chi connectivity index (χ1v) is 7.16. The molecule has 0 saturated heterocycles. The summed E-state index contributed by atoms with van der Waals surface area (Å²) in [4.78, 5) is 13.8. The first-order valence-electron chi connectivity index (χ1n) is 6.65. The predicted octanol–water partition coefficient (Wildman–Crippen LogP) is 2.60. The molecule has 4 nitrogen and oxygen atoms in total. The highest BCUT2D eigenvalue weighted by molar-refractivity contribution is 7.80. The van der Waals surface area contributed by atoms with Crippen LogP contribution in [0.1, 0.15) is 19.4 Å². The lowest BCUT2D eigenvalue weighted by Gasteiger charge is -2.20. The number of hydrogen-bond acceptors (Lipinski definition) is 4. The standard InChI is InChI=1S/C15H19NO3S/c1-3-16(9-11(2)20)15(17)7-5-12-4-6-13-14(8-12)19-10-18-13/h4-8,11,20H,3,9-10H2,1-2H3/b7-5+. The second-order valence-corrected chi connectivity index (χ2v) is 5.55. The van der Waals surface area contributed by atoms with Gasteiger partial charge in [0.2, 0.25) is 12.7 Å². The van der Waals surface area contributed by atoms with Gasteiger partial charge in [0.25, 0.3) is 0 Å². The summed E-state index contributed by atoms with van der Waals surface area (Å²) in [7, 11) is 0. The molecule has 1 aromatic carbocycles. The van der Waals surface area contributed by atoms with Gasteiger partial charge in [-0.05, 0) is 30.7 Å². The molecule has 0 spiro atoms. The molecule has 20 heavy (non-hydrogen) atoms. The number of carbonyl (C=O) groups is 1. The van der Waals surface area contributed by atoms with Gasteiger partial charge in [-0.15, -0.1) is 0 Å². The molecule has 1 unspecified atom stereocenters. The Hall–Kier alpha value is -1.62. The number of carbonyl (C=O) groups excluding carboxylic acids is 1. The van der Waals surface area contributed by atoms with Crippen molar-refractivity contribution in [1.29, 1.82) is 0 Å². The van der Waals surface area contributed by atoms with Crippen LogP contribution in [0, 0.1) is 0 Å². The van der Waals surface area contributed by atoms with Crippen LogP contribution in [0.4, 0.5) is 0 Å². The normalized spacial score (nSPS) is 14.6. The van der Waals surface area contributed by atoms with E-state index in [1.54, 1.807) is 17.1 Å². The van der Waals surface area contributed by atoms with E-state index in [4.69, 9.17) is 9.47 Å². The second-order valence-electron chi connectivity index (χ2n) is 4.67. The summed E-state index contributed by atoms with van der Waals surface area (Å²) in [5, 5.41) is 0.165. The third kappa shape index (κ3) is 3.70. The van der Waals surface area contributed by atoms with E-state index in [2.05, 4.69) is 12.6 Å². The van der Waals surface area contributed by atoms with Gasteiger partial charge in [0.1, 0.15) is 0 Å². The van der Waals surface area contributed by atoms with Crippen LogP contribution in [0.2, 0.25) is 0 Å². The Morgan fingerprint density at radius 1 is 1.45 bits per heavy atom. The van der Waals surface area contributed by atoms with Crippen LogP contribution in [0.25, 0.3) is 6.08 Å². The zero-order valence-electron chi connectivity index (χ0n) is 11.7. The third-order valence-corrected chi connectivity index (χ3v) is 3.16. The van der Waals surface area contributed by atoms with Gasteiger partial charge in [0.05, 0.1) is 0 Å². The molecule has 1 aliphatic rings. The van der Waals surface area contributed by atoms with Crippen molar-refractivity contribution in [3.8, 4) is 11.5 Å². The number of ether oxygens (including phenoxy) is 2. The Kier molecular flexibility index (Phi) is 4.95. The highest BCUT2D eigenvalue weighted by Crippen LogP contribution is 2.32. The van der Waals surface area contributed by atoms with Crippen LogP contribution in [-0.4, -0.2) is 35.9 Å². The van der Waals surface area contributed by atoms with Crippen molar-refractivity contribution in [3.63, 3.8) is 0 Å². The molecular formula is C15H19NO3S. The van der Waals surface area contributed by atoms with E-state index >= 15 is 0 Å². The van der Waals surface area contributed by atoms with Crippen LogP contribution in [-0.2, 0) is 4.79 Å². The zero-order chi connectivity index (χ0) is 14.5. The van der Waals surface area contributed by atoms with Crippen molar-refractivity contribution in [2.24, 2.45) is 0 Å². The summed E-state index contributed by atoms with van der Waals surface area (Å²) in [6.07, 6.45) is 3.37. The Morgan fingerprint density at radius 3 is 2.90 bits per heavy atom. The van der Waals surface area contributed by atoms with Gasteiger partial charge >= 0.3 is 0 Å². The molecule has 0 radical (unpaired) electrons. The van der Waals surface area contributed by atoms with Crippen molar-refractivity contribution in [2.45, 2.75) is 19.1 Å². The largest absolute Gasteiger partial charge is 0.454 e. The monoisotopic (exact) mass is 293 g/mol. The van der Waals surface area contributed by atoms with Crippen LogP contribution in [0.5, 0.6) is 11.5 Å². The number of benzene rings is 1. The van der Waals surface area contributed by atoms with E-state index in [0.717, 1.165) is 17.1 Å². The molecule has 1 aliphatic heterocycles. The lowest BCUT2D eigenvalue weighted by atomic mass is 10.2. The lowest BCUT2D eigenvalue weighted by Crippen LogP contribution is -2.33. The highest BCUT2D eigenvalue weighted by atomic mass is 32.1. The number of likely N-dealkylation sites (N-methyl/N-ethyl adjacent to an activating group) is 1. The van der Waals surface area contributed by atoms with E-state index in [1.807, 2.05) is 32.0 Å². The summed E-state index contributed by atoms with van der Waals surface area (Å²) in [6.45, 7) is 5.51. The molecule has 1 heterocycles. The maximum Gasteiger partial charge on any atom is 0.246 e. The summed E-state index contributed by atoms with van der Waals surface area (Å²) in [6, 6.07) is 5.61. The van der Waals surface area contributed by atoms with E-state index < -0.39 is 0 Å². The Balaban J connectivity index is 2.03. The number of amides is 1. The Morgan fingerprint density at radius 2 is 2.20 bits per heavy atom. The fourth-order valence-electron chi connectivity index (χ4n) is 1.98. The second kappa shape index (κ2) is 6.70. The van der Waals surface area contributed by atoms with Crippen LogP contribution < -0.4 is 9.47 Å². The average molecular weight is 293 g/mol. The SMILES string of the molecule is CCN(CC(C)S)C(=O)/C=C/c1ccc2c(c1)OCO2. The van der Waals surface area contributed by atoms with Crippen molar-refractivity contribution in [2.75, 3.05) is 19.9 Å². The summed E-state index contributed by atoms with van der Waals surface area (Å²) in [5.74, 6) is 1.45. The first kappa shape index (κ1) is 14.8. The van der Waals surface area contributed by atoms with Crippen molar-refractivity contribution >= 4 is 24.6 Å². The minimum absolute atomic E-state index is 0.00827. The Bertz CT molecular complexity index is 514. The minimum Gasteiger partial charge on any atom is -0.454 e. The number of rotatable bonds is 5. The molecular weight excluding hydrogens is 274 g/mol. The Labute approximate surface area is 124 Å². The van der Waals surface area contributed by atoms with E-state index in [9.17, 15) is 4.79 Å². The quantitative estimate of drug-likeness (QED) is 0.670. The molecule has 0 aromatic heterocycles.